The lowest BCUT2D eigenvalue weighted by molar-refractivity contribution is 0.712. The molecule has 0 aliphatic heterocycles. The van der Waals surface area contributed by atoms with Crippen LogP contribution in [0.2, 0.25) is 0 Å². The fraction of sp³-hybridized carbons (Fsp3) is 0.333. The zero-order valence-corrected chi connectivity index (χ0v) is 6.01. The quantitative estimate of drug-likeness (QED) is 0.578. The molecule has 1 unspecified atom stereocenters. The Morgan fingerprint density at radius 1 is 1.78 bits per heavy atom. The van der Waals surface area contributed by atoms with Crippen LogP contribution in [0.3, 0.4) is 0 Å². The van der Waals surface area contributed by atoms with Crippen LogP contribution in [0.4, 0.5) is 0 Å². The Morgan fingerprint density at radius 3 is 3.00 bits per heavy atom. The van der Waals surface area contributed by atoms with Gasteiger partial charge in [0, 0.05) is 17.8 Å². The second-order valence-corrected chi connectivity index (χ2v) is 2.16. The number of thiocarbonyl (C=S) groups is 1. The molecule has 2 nitrogen and oxygen atoms in total. The first-order valence-corrected chi connectivity index (χ1v) is 3.24. The van der Waals surface area contributed by atoms with Crippen LogP contribution in [-0.2, 0) is 0 Å². The van der Waals surface area contributed by atoms with Crippen LogP contribution >= 0.6 is 12.2 Å². The lowest BCUT2D eigenvalue weighted by atomic mass is 10.4. The molecule has 9 heavy (non-hydrogen) atoms. The molecule has 0 spiro atoms. The van der Waals surface area contributed by atoms with Gasteiger partial charge in [-0.3, -0.25) is 0 Å². The number of imidazole rings is 1. The van der Waals surface area contributed by atoms with Crippen molar-refractivity contribution in [3.63, 3.8) is 0 Å². The molecule has 0 aromatic carbocycles. The maximum Gasteiger partial charge on any atom is 0.0951 e. The smallest absolute Gasteiger partial charge is 0.0951 e. The monoisotopic (exact) mass is 140 g/mol. The van der Waals surface area contributed by atoms with E-state index in [-0.39, 0.29) is 6.04 Å². The van der Waals surface area contributed by atoms with Gasteiger partial charge < -0.3 is 4.57 Å². The Labute approximate surface area is 59.5 Å². The van der Waals surface area contributed by atoms with Crippen molar-refractivity contribution in [2.75, 3.05) is 0 Å². The molecular weight excluding hydrogens is 132 g/mol. The molecule has 1 aromatic rings. The molecule has 0 N–H and O–H groups in total. The summed E-state index contributed by atoms with van der Waals surface area (Å²) in [6.45, 7) is 2.02. The highest BCUT2D eigenvalue weighted by Crippen LogP contribution is 1.99. The van der Waals surface area contributed by atoms with E-state index in [1.165, 1.54) is 0 Å². The fourth-order valence-electron chi connectivity index (χ4n) is 0.581. The van der Waals surface area contributed by atoms with Gasteiger partial charge in [-0.2, -0.15) is 0 Å². The van der Waals surface area contributed by atoms with E-state index in [4.69, 9.17) is 12.2 Å². The molecule has 0 amide bonds. The molecule has 0 saturated carbocycles. The molecule has 1 atom stereocenters. The normalized spacial score (nSPS) is 13.0. The van der Waals surface area contributed by atoms with Gasteiger partial charge in [0.05, 0.1) is 12.4 Å². The second kappa shape index (κ2) is 2.73. The van der Waals surface area contributed by atoms with Crippen LogP contribution in [0.1, 0.15) is 13.0 Å². The lowest BCUT2D eigenvalue weighted by Gasteiger charge is -2.03. The fourth-order valence-corrected chi connectivity index (χ4v) is 0.721. The van der Waals surface area contributed by atoms with E-state index in [9.17, 15) is 0 Å². The Morgan fingerprint density at radius 2 is 2.56 bits per heavy atom. The molecule has 1 rings (SSSR count). The van der Waals surface area contributed by atoms with Crippen LogP contribution < -0.4 is 0 Å². The van der Waals surface area contributed by atoms with Crippen LogP contribution in [0.25, 0.3) is 0 Å². The first-order valence-electron chi connectivity index (χ1n) is 2.77. The zero-order valence-electron chi connectivity index (χ0n) is 5.19. The molecule has 1 heterocycles. The molecule has 0 radical (unpaired) electrons. The van der Waals surface area contributed by atoms with Gasteiger partial charge >= 0.3 is 0 Å². The van der Waals surface area contributed by atoms with E-state index in [0.29, 0.717) is 0 Å². The van der Waals surface area contributed by atoms with Crippen molar-refractivity contribution in [1.29, 1.82) is 0 Å². The van der Waals surface area contributed by atoms with Gasteiger partial charge in [-0.25, -0.2) is 4.98 Å². The summed E-state index contributed by atoms with van der Waals surface area (Å²) in [6.07, 6.45) is 5.40. The third-order valence-electron chi connectivity index (χ3n) is 1.19. The number of hydrogen-bond acceptors (Lipinski definition) is 2. The summed E-state index contributed by atoms with van der Waals surface area (Å²) in [5.41, 5.74) is 0. The molecule has 0 saturated heterocycles. The second-order valence-electron chi connectivity index (χ2n) is 1.89. The number of rotatable bonds is 2. The molecule has 3 heteroatoms. The van der Waals surface area contributed by atoms with Gasteiger partial charge in [0.1, 0.15) is 0 Å². The van der Waals surface area contributed by atoms with Crippen molar-refractivity contribution < 1.29 is 0 Å². The zero-order chi connectivity index (χ0) is 6.69. The molecule has 0 aliphatic rings. The maximum absolute atomic E-state index is 4.75. The Balaban J connectivity index is 2.76. The average Bonchev–Trinajstić information content (AvgIpc) is 2.37. The maximum atomic E-state index is 4.75. The average molecular weight is 140 g/mol. The van der Waals surface area contributed by atoms with Crippen LogP contribution in [0.15, 0.2) is 18.7 Å². The Hall–Kier alpha value is -0.700. The van der Waals surface area contributed by atoms with Crippen LogP contribution in [0, 0.1) is 0 Å². The molecule has 1 aromatic heterocycles. The van der Waals surface area contributed by atoms with Crippen molar-refractivity contribution in [2.24, 2.45) is 0 Å². The third-order valence-corrected chi connectivity index (χ3v) is 1.59. The third kappa shape index (κ3) is 1.36. The van der Waals surface area contributed by atoms with E-state index < -0.39 is 0 Å². The van der Waals surface area contributed by atoms with E-state index >= 15 is 0 Å². The number of hydrogen-bond donors (Lipinski definition) is 0. The van der Waals surface area contributed by atoms with Crippen molar-refractivity contribution in [3.05, 3.63) is 18.7 Å². The summed E-state index contributed by atoms with van der Waals surface area (Å²) in [5, 5.41) is 1.71. The predicted octanol–water partition coefficient (Wildman–Crippen LogP) is 1.44. The molecule has 0 bridgehead atoms. The summed E-state index contributed by atoms with van der Waals surface area (Å²) in [6, 6.07) is 0.280. The van der Waals surface area contributed by atoms with E-state index in [1.54, 1.807) is 17.9 Å². The highest BCUT2D eigenvalue weighted by atomic mass is 32.1. The first kappa shape index (κ1) is 6.42. The highest BCUT2D eigenvalue weighted by molar-refractivity contribution is 7.79. The summed E-state index contributed by atoms with van der Waals surface area (Å²) in [7, 11) is 0. The summed E-state index contributed by atoms with van der Waals surface area (Å²) in [5.74, 6) is 0. The molecule has 0 fully saturated rings. The minimum atomic E-state index is 0.280. The van der Waals surface area contributed by atoms with E-state index in [2.05, 4.69) is 4.98 Å². The Kier molecular flexibility index (Phi) is 1.95. The molecular formula is C6H8N2S. The largest absolute Gasteiger partial charge is 0.330 e. The molecule has 0 aliphatic carbocycles. The predicted molar refractivity (Wildman–Crippen MR) is 40.6 cm³/mol. The van der Waals surface area contributed by atoms with Gasteiger partial charge in [-0.15, -0.1) is 0 Å². The van der Waals surface area contributed by atoms with Crippen LogP contribution in [-0.4, -0.2) is 14.9 Å². The van der Waals surface area contributed by atoms with Crippen molar-refractivity contribution >= 4 is 17.6 Å². The van der Waals surface area contributed by atoms with Crippen LogP contribution in [0.5, 0.6) is 0 Å². The summed E-state index contributed by atoms with van der Waals surface area (Å²) < 4.78 is 1.95. The topological polar surface area (TPSA) is 17.8 Å². The molecule has 48 valence electrons. The number of nitrogens with zero attached hydrogens (tertiary/aromatic N) is 2. The Bertz CT molecular complexity index is 181. The van der Waals surface area contributed by atoms with Gasteiger partial charge in [0.15, 0.2) is 0 Å². The van der Waals surface area contributed by atoms with Crippen molar-refractivity contribution in [2.45, 2.75) is 13.0 Å². The van der Waals surface area contributed by atoms with Crippen molar-refractivity contribution in [1.82, 2.24) is 9.55 Å². The number of aromatic nitrogens is 2. The van der Waals surface area contributed by atoms with Gasteiger partial charge in [0.25, 0.3) is 0 Å². The lowest BCUT2D eigenvalue weighted by Crippen LogP contribution is -2.01. The highest BCUT2D eigenvalue weighted by Gasteiger charge is 1.95. The first-order chi connectivity index (χ1) is 4.34. The minimum absolute atomic E-state index is 0.280. The van der Waals surface area contributed by atoms with Gasteiger partial charge in [-0.05, 0) is 6.92 Å². The summed E-state index contributed by atoms with van der Waals surface area (Å²) in [4.78, 5) is 3.89. The van der Waals surface area contributed by atoms with E-state index in [0.717, 1.165) is 0 Å². The minimum Gasteiger partial charge on any atom is -0.330 e. The van der Waals surface area contributed by atoms with Gasteiger partial charge in [-0.1, -0.05) is 12.2 Å². The standard InChI is InChI=1S/C6H8N2S/c1-6(4-9)8-3-2-7-5-8/h2-6H,1H3. The van der Waals surface area contributed by atoms with Gasteiger partial charge in [0.2, 0.25) is 0 Å². The van der Waals surface area contributed by atoms with E-state index in [1.807, 2.05) is 17.7 Å². The SMILES string of the molecule is CC(C=S)n1ccnc1. The summed E-state index contributed by atoms with van der Waals surface area (Å²) >= 11 is 4.75. The van der Waals surface area contributed by atoms with Crippen molar-refractivity contribution in [3.8, 4) is 0 Å².